The van der Waals surface area contributed by atoms with Crippen LogP contribution in [0.25, 0.3) is 10.9 Å². The van der Waals surface area contributed by atoms with Gasteiger partial charge >= 0.3 is 0 Å². The lowest BCUT2D eigenvalue weighted by Crippen LogP contribution is -2.38. The molecule has 1 N–H and O–H groups in total. The second kappa shape index (κ2) is 6.99. The highest BCUT2D eigenvalue weighted by Gasteiger charge is 2.24. The maximum absolute atomic E-state index is 12.6. The topological polar surface area (TPSA) is 36.1 Å². The van der Waals surface area contributed by atoms with Crippen LogP contribution in [-0.4, -0.2) is 28.9 Å². The Balaban J connectivity index is 1.38. The van der Waals surface area contributed by atoms with Crippen molar-refractivity contribution in [1.82, 2.24) is 9.88 Å². The monoisotopic (exact) mass is 346 g/mol. The summed E-state index contributed by atoms with van der Waals surface area (Å²) in [5, 5.41) is 1.29. The van der Waals surface area contributed by atoms with Gasteiger partial charge in [0.1, 0.15) is 0 Å². The van der Waals surface area contributed by atoms with E-state index in [-0.39, 0.29) is 5.91 Å². The highest BCUT2D eigenvalue weighted by Crippen LogP contribution is 2.30. The van der Waals surface area contributed by atoms with Crippen LogP contribution >= 0.6 is 0 Å². The van der Waals surface area contributed by atoms with E-state index in [9.17, 15) is 4.79 Å². The number of rotatable bonds is 3. The summed E-state index contributed by atoms with van der Waals surface area (Å²) in [5.41, 5.74) is 6.16. The second-order valence-corrected chi connectivity index (χ2v) is 7.63. The Hall–Kier alpha value is -2.55. The first-order valence-corrected chi connectivity index (χ1v) is 9.51. The summed E-state index contributed by atoms with van der Waals surface area (Å²) in [7, 11) is 0. The molecule has 2 aromatic carbocycles. The van der Waals surface area contributed by atoms with Gasteiger partial charge in [0.05, 0.1) is 6.42 Å². The van der Waals surface area contributed by atoms with Gasteiger partial charge in [-0.1, -0.05) is 41.5 Å². The number of aryl methyl sites for hydroxylation is 2. The zero-order valence-electron chi connectivity index (χ0n) is 15.6. The summed E-state index contributed by atoms with van der Waals surface area (Å²) >= 11 is 0. The number of hydrogen-bond donors (Lipinski definition) is 1. The first-order valence-electron chi connectivity index (χ1n) is 9.51. The van der Waals surface area contributed by atoms with Crippen molar-refractivity contribution in [2.75, 3.05) is 13.1 Å². The Bertz CT molecular complexity index is 915. The van der Waals surface area contributed by atoms with E-state index < -0.39 is 0 Å². The normalized spacial score (nSPS) is 15.5. The Labute approximate surface area is 155 Å². The number of nitrogens with one attached hydrogen (secondary N) is 1. The molecule has 26 heavy (non-hydrogen) atoms. The average Bonchev–Trinajstić information content (AvgIpc) is 3.07. The van der Waals surface area contributed by atoms with Crippen molar-refractivity contribution in [3.05, 3.63) is 70.9 Å². The molecule has 1 aromatic heterocycles. The zero-order valence-corrected chi connectivity index (χ0v) is 15.6. The summed E-state index contributed by atoms with van der Waals surface area (Å²) in [6.07, 6.45) is 2.58. The Morgan fingerprint density at radius 2 is 1.69 bits per heavy atom. The van der Waals surface area contributed by atoms with Crippen LogP contribution < -0.4 is 0 Å². The molecule has 1 aliphatic rings. The zero-order chi connectivity index (χ0) is 18.1. The van der Waals surface area contributed by atoms with E-state index in [2.05, 4.69) is 67.4 Å². The molecule has 3 nitrogen and oxygen atoms in total. The van der Waals surface area contributed by atoms with Gasteiger partial charge < -0.3 is 9.88 Å². The molecular formula is C23H26N2O. The molecule has 1 amide bonds. The molecule has 3 heteroatoms. The quantitative estimate of drug-likeness (QED) is 0.731. The van der Waals surface area contributed by atoms with Crippen molar-refractivity contribution < 1.29 is 4.79 Å². The third kappa shape index (κ3) is 3.52. The molecule has 0 radical (unpaired) electrons. The molecule has 0 bridgehead atoms. The molecular weight excluding hydrogens is 320 g/mol. The van der Waals surface area contributed by atoms with Gasteiger partial charge in [0.15, 0.2) is 0 Å². The van der Waals surface area contributed by atoms with Gasteiger partial charge in [0.2, 0.25) is 5.91 Å². The molecule has 0 spiro atoms. The van der Waals surface area contributed by atoms with Crippen LogP contribution in [0.2, 0.25) is 0 Å². The fraction of sp³-hybridized carbons (Fsp3) is 0.348. The number of aromatic amines is 1. The molecule has 4 rings (SSSR count). The van der Waals surface area contributed by atoms with Gasteiger partial charge in [-0.15, -0.1) is 0 Å². The maximum Gasteiger partial charge on any atom is 0.226 e. The molecule has 2 heterocycles. The number of hydrogen-bond acceptors (Lipinski definition) is 1. The fourth-order valence-corrected chi connectivity index (χ4v) is 3.93. The summed E-state index contributed by atoms with van der Waals surface area (Å²) in [4.78, 5) is 18.2. The van der Waals surface area contributed by atoms with Crippen LogP contribution in [0, 0.1) is 13.8 Å². The Kier molecular flexibility index (Phi) is 4.54. The molecule has 0 saturated carbocycles. The van der Waals surface area contributed by atoms with E-state index >= 15 is 0 Å². The number of benzene rings is 2. The van der Waals surface area contributed by atoms with Gasteiger partial charge in [0, 0.05) is 30.2 Å². The molecule has 1 saturated heterocycles. The molecule has 0 unspecified atom stereocenters. The van der Waals surface area contributed by atoms with Crippen molar-refractivity contribution in [3.8, 4) is 0 Å². The summed E-state index contributed by atoms with van der Waals surface area (Å²) in [5.74, 6) is 0.769. The van der Waals surface area contributed by atoms with Gasteiger partial charge in [-0.05, 0) is 55.8 Å². The van der Waals surface area contributed by atoms with Gasteiger partial charge in [-0.25, -0.2) is 0 Å². The number of amides is 1. The number of fused-ring (bicyclic) bond motifs is 1. The fourth-order valence-electron chi connectivity index (χ4n) is 3.93. The number of aromatic nitrogens is 1. The number of carbonyl (C=O) groups excluding carboxylic acids is 1. The van der Waals surface area contributed by atoms with Crippen molar-refractivity contribution in [3.63, 3.8) is 0 Å². The number of nitrogens with zero attached hydrogens (tertiary/aromatic N) is 1. The third-order valence-electron chi connectivity index (χ3n) is 5.56. The van der Waals surface area contributed by atoms with Crippen LogP contribution in [0.5, 0.6) is 0 Å². The first kappa shape index (κ1) is 16.9. The average molecular weight is 346 g/mol. The molecule has 0 aliphatic carbocycles. The molecule has 134 valence electrons. The molecule has 1 aliphatic heterocycles. The maximum atomic E-state index is 12.6. The predicted molar refractivity (Wildman–Crippen MR) is 106 cm³/mol. The highest BCUT2D eigenvalue weighted by molar-refractivity contribution is 5.81. The molecule has 0 atom stereocenters. The van der Waals surface area contributed by atoms with Crippen molar-refractivity contribution in [2.24, 2.45) is 0 Å². The third-order valence-corrected chi connectivity index (χ3v) is 5.56. The van der Waals surface area contributed by atoms with Crippen LogP contribution in [-0.2, 0) is 11.2 Å². The van der Waals surface area contributed by atoms with Crippen LogP contribution in [0.4, 0.5) is 0 Å². The second-order valence-electron chi connectivity index (χ2n) is 7.63. The summed E-state index contributed by atoms with van der Waals surface area (Å²) in [6.45, 7) is 5.90. The van der Waals surface area contributed by atoms with E-state index in [0.29, 0.717) is 12.3 Å². The van der Waals surface area contributed by atoms with E-state index in [0.717, 1.165) is 31.5 Å². The Morgan fingerprint density at radius 3 is 2.42 bits per heavy atom. The lowest BCUT2D eigenvalue weighted by atomic mass is 9.93. The van der Waals surface area contributed by atoms with Crippen molar-refractivity contribution in [2.45, 2.75) is 39.0 Å². The smallest absolute Gasteiger partial charge is 0.226 e. The SMILES string of the molecule is Cc1ccc(CC(=O)N2CCC(c3cc4cc(C)ccc4[nH]3)CC2)cc1. The lowest BCUT2D eigenvalue weighted by Gasteiger charge is -2.31. The minimum absolute atomic E-state index is 0.250. The summed E-state index contributed by atoms with van der Waals surface area (Å²) in [6, 6.07) is 17.1. The van der Waals surface area contributed by atoms with Crippen LogP contribution in [0.1, 0.15) is 41.1 Å². The van der Waals surface area contributed by atoms with Crippen molar-refractivity contribution >= 4 is 16.8 Å². The van der Waals surface area contributed by atoms with E-state index in [1.54, 1.807) is 0 Å². The summed E-state index contributed by atoms with van der Waals surface area (Å²) < 4.78 is 0. The number of carbonyl (C=O) groups is 1. The minimum atomic E-state index is 0.250. The predicted octanol–water partition coefficient (Wildman–Crippen LogP) is 4.73. The lowest BCUT2D eigenvalue weighted by molar-refractivity contribution is -0.131. The van der Waals surface area contributed by atoms with E-state index in [4.69, 9.17) is 0 Å². The molecule has 3 aromatic rings. The van der Waals surface area contributed by atoms with Crippen LogP contribution in [0.15, 0.2) is 48.5 Å². The minimum Gasteiger partial charge on any atom is -0.358 e. The highest BCUT2D eigenvalue weighted by atomic mass is 16.2. The number of H-pyrrole nitrogens is 1. The Morgan fingerprint density at radius 1 is 1.00 bits per heavy atom. The van der Waals surface area contributed by atoms with E-state index in [1.807, 2.05) is 4.90 Å². The molecule has 1 fully saturated rings. The number of piperidine rings is 1. The largest absolute Gasteiger partial charge is 0.358 e. The van der Waals surface area contributed by atoms with Gasteiger partial charge in [-0.2, -0.15) is 0 Å². The van der Waals surface area contributed by atoms with E-state index in [1.165, 1.54) is 27.7 Å². The standard InChI is InChI=1S/C23H26N2O/c1-16-3-6-18(7-4-16)14-23(26)25-11-9-19(10-12-25)22-15-20-13-17(2)5-8-21(20)24-22/h3-8,13,15,19,24H,9-12,14H2,1-2H3. The van der Waals surface area contributed by atoms with Gasteiger partial charge in [-0.3, -0.25) is 4.79 Å². The van der Waals surface area contributed by atoms with Crippen LogP contribution in [0.3, 0.4) is 0 Å². The first-order chi connectivity index (χ1) is 12.6. The number of likely N-dealkylation sites (tertiary alicyclic amines) is 1. The van der Waals surface area contributed by atoms with Crippen molar-refractivity contribution in [1.29, 1.82) is 0 Å². The van der Waals surface area contributed by atoms with Gasteiger partial charge in [0.25, 0.3) is 0 Å².